The summed E-state index contributed by atoms with van der Waals surface area (Å²) in [5, 5.41) is 4.71. The minimum Gasteiger partial charge on any atom is -0.321 e. The number of benzene rings is 4. The van der Waals surface area contributed by atoms with Crippen molar-refractivity contribution >= 4 is 55.0 Å². The molecule has 206 valence electrons. The Hall–Kier alpha value is -3.64. The molecule has 0 bridgehead atoms. The van der Waals surface area contributed by atoms with E-state index in [-0.39, 0.29) is 31.4 Å². The summed E-state index contributed by atoms with van der Waals surface area (Å²) in [6.45, 7) is 0. The summed E-state index contributed by atoms with van der Waals surface area (Å²) >= 11 is 6.16. The highest BCUT2D eigenvalue weighted by Gasteiger charge is 2.40. The van der Waals surface area contributed by atoms with Gasteiger partial charge in [-0.3, -0.25) is 9.59 Å². The molecule has 0 fully saturated rings. The number of carbonyl (C=O) groups excluding carboxylic acids is 2. The third-order valence-electron chi connectivity index (χ3n) is 5.68. The van der Waals surface area contributed by atoms with E-state index < -0.39 is 46.4 Å². The molecule has 0 heterocycles. The lowest BCUT2D eigenvalue weighted by Crippen LogP contribution is -2.16. The maximum absolute atomic E-state index is 14.2. The normalized spacial score (nSPS) is 11.7. The van der Waals surface area contributed by atoms with Gasteiger partial charge in [0.05, 0.1) is 22.5 Å². The molecule has 4 aromatic carbocycles. The first-order chi connectivity index (χ1) is 18.8. The number of nitrogens with one attached hydrogen (secondary N) is 2. The molecule has 4 aromatic rings. The van der Waals surface area contributed by atoms with Crippen LogP contribution in [0.3, 0.4) is 0 Å². The molecule has 0 aliphatic heterocycles. The van der Waals surface area contributed by atoms with Crippen LogP contribution in [-0.2, 0) is 12.4 Å². The molecule has 0 atom stereocenters. The fourth-order valence-electron chi connectivity index (χ4n) is 3.82. The number of rotatable bonds is 5. The topological polar surface area (TPSA) is 58.2 Å². The number of halogens is 8. The first-order valence-electron chi connectivity index (χ1n) is 11.3. The molecule has 40 heavy (non-hydrogen) atoms. The van der Waals surface area contributed by atoms with E-state index in [1.807, 2.05) is 0 Å². The number of alkyl halides is 6. The second-order valence-electron chi connectivity index (χ2n) is 8.39. The molecular formula is C28H16Br2F6N2O2. The van der Waals surface area contributed by atoms with Gasteiger partial charge in [0.2, 0.25) is 0 Å². The van der Waals surface area contributed by atoms with Crippen molar-refractivity contribution in [1.29, 1.82) is 0 Å². The third kappa shape index (κ3) is 6.56. The molecule has 2 N–H and O–H groups in total. The highest BCUT2D eigenvalue weighted by atomic mass is 79.9. The van der Waals surface area contributed by atoms with Crippen molar-refractivity contribution in [2.24, 2.45) is 0 Å². The lowest BCUT2D eigenvalue weighted by atomic mass is 9.93. The van der Waals surface area contributed by atoms with Gasteiger partial charge in [-0.15, -0.1) is 0 Å². The third-order valence-corrected chi connectivity index (χ3v) is 7.00. The van der Waals surface area contributed by atoms with Gasteiger partial charge in [-0.05, 0) is 91.5 Å². The number of hydrogen-bond donors (Lipinski definition) is 2. The van der Waals surface area contributed by atoms with Crippen molar-refractivity contribution in [2.45, 2.75) is 12.4 Å². The van der Waals surface area contributed by atoms with Gasteiger partial charge in [0.15, 0.2) is 0 Å². The standard InChI is InChI=1S/C28H16Br2F6N2O2/c29-21-11-17(19(27(31,32)33)13-23(21)37-25(39)15-7-3-1-4-8-15)18-12-22(30)24(14-20(18)28(34,35)36)38-26(40)16-9-5-2-6-10-16/h1-14H,(H,37,39)(H,38,40). The van der Waals surface area contributed by atoms with Crippen molar-refractivity contribution in [3.05, 3.63) is 116 Å². The zero-order valence-corrected chi connectivity index (χ0v) is 23.1. The first kappa shape index (κ1) is 29.3. The van der Waals surface area contributed by atoms with Crippen molar-refractivity contribution in [3.8, 4) is 11.1 Å². The van der Waals surface area contributed by atoms with Gasteiger partial charge in [-0.25, -0.2) is 0 Å². The van der Waals surface area contributed by atoms with Crippen molar-refractivity contribution in [2.75, 3.05) is 10.6 Å². The Morgan fingerprint density at radius 1 is 0.550 bits per heavy atom. The summed E-state index contributed by atoms with van der Waals surface area (Å²) in [6, 6.07) is 18.2. The van der Waals surface area contributed by atoms with Gasteiger partial charge in [-0.2, -0.15) is 26.3 Å². The van der Waals surface area contributed by atoms with Gasteiger partial charge >= 0.3 is 12.4 Å². The summed E-state index contributed by atoms with van der Waals surface area (Å²) in [4.78, 5) is 25.1. The lowest BCUT2D eigenvalue weighted by Gasteiger charge is -2.21. The Morgan fingerprint density at radius 3 is 1.18 bits per heavy atom. The van der Waals surface area contributed by atoms with Gasteiger partial charge in [0.25, 0.3) is 11.8 Å². The number of carbonyl (C=O) groups is 2. The monoisotopic (exact) mass is 684 g/mol. The van der Waals surface area contributed by atoms with Gasteiger partial charge in [0.1, 0.15) is 0 Å². The molecule has 0 saturated heterocycles. The van der Waals surface area contributed by atoms with Crippen LogP contribution in [0.5, 0.6) is 0 Å². The summed E-state index contributed by atoms with van der Waals surface area (Å²) in [6.07, 6.45) is -10.2. The summed E-state index contributed by atoms with van der Waals surface area (Å²) in [7, 11) is 0. The summed E-state index contributed by atoms with van der Waals surface area (Å²) < 4.78 is 85.0. The minimum atomic E-state index is -5.09. The zero-order chi connectivity index (χ0) is 29.2. The number of anilines is 2. The molecule has 0 aliphatic rings. The van der Waals surface area contributed by atoms with Crippen molar-refractivity contribution in [3.63, 3.8) is 0 Å². The molecule has 12 heteroatoms. The van der Waals surface area contributed by atoms with Gasteiger partial charge in [0, 0.05) is 20.1 Å². The van der Waals surface area contributed by atoms with Crippen LogP contribution >= 0.6 is 31.9 Å². The number of hydrogen-bond acceptors (Lipinski definition) is 2. The van der Waals surface area contributed by atoms with E-state index in [0.717, 1.165) is 12.1 Å². The second kappa shape index (κ2) is 11.5. The number of amides is 2. The Kier molecular flexibility index (Phi) is 8.41. The Morgan fingerprint density at radius 2 is 0.875 bits per heavy atom. The highest BCUT2D eigenvalue weighted by molar-refractivity contribution is 9.11. The van der Waals surface area contributed by atoms with Crippen LogP contribution in [0.2, 0.25) is 0 Å². The van der Waals surface area contributed by atoms with Crippen LogP contribution in [-0.4, -0.2) is 11.8 Å². The molecule has 0 unspecified atom stereocenters. The highest BCUT2D eigenvalue weighted by Crippen LogP contribution is 2.47. The molecule has 0 aliphatic carbocycles. The minimum absolute atomic E-state index is 0.0783. The molecule has 2 amide bonds. The SMILES string of the molecule is O=C(Nc1cc(C(F)(F)F)c(-c2cc(Br)c(NC(=O)c3ccccc3)cc2C(F)(F)F)cc1Br)c1ccccc1. The van der Waals surface area contributed by atoms with Crippen LogP contribution in [0.25, 0.3) is 11.1 Å². The van der Waals surface area contributed by atoms with Crippen LogP contribution < -0.4 is 10.6 Å². The van der Waals surface area contributed by atoms with Crippen molar-refractivity contribution < 1.29 is 35.9 Å². The van der Waals surface area contributed by atoms with Crippen molar-refractivity contribution in [1.82, 2.24) is 0 Å². The Labute approximate surface area is 240 Å². The molecule has 0 saturated carbocycles. The predicted octanol–water partition coefficient (Wildman–Crippen LogP) is 9.42. The van der Waals surface area contributed by atoms with E-state index in [0.29, 0.717) is 12.1 Å². The van der Waals surface area contributed by atoms with Crippen LogP contribution in [0, 0.1) is 0 Å². The van der Waals surface area contributed by atoms with E-state index in [1.165, 1.54) is 24.3 Å². The molecule has 0 radical (unpaired) electrons. The largest absolute Gasteiger partial charge is 0.417 e. The van der Waals surface area contributed by atoms with Crippen LogP contribution in [0.1, 0.15) is 31.8 Å². The van der Waals surface area contributed by atoms with E-state index >= 15 is 0 Å². The first-order valence-corrected chi connectivity index (χ1v) is 12.9. The predicted molar refractivity (Wildman–Crippen MR) is 146 cm³/mol. The Bertz CT molecular complexity index is 1460. The lowest BCUT2D eigenvalue weighted by molar-refractivity contribution is -0.139. The molecular weight excluding hydrogens is 670 g/mol. The maximum atomic E-state index is 14.2. The maximum Gasteiger partial charge on any atom is 0.417 e. The second-order valence-corrected chi connectivity index (χ2v) is 10.1. The molecule has 4 rings (SSSR count). The molecule has 4 nitrogen and oxygen atoms in total. The zero-order valence-electron chi connectivity index (χ0n) is 19.9. The smallest absolute Gasteiger partial charge is 0.321 e. The Balaban J connectivity index is 1.82. The summed E-state index contributed by atoms with van der Waals surface area (Å²) in [5.74, 6) is -1.42. The summed E-state index contributed by atoms with van der Waals surface area (Å²) in [5.41, 5.74) is -4.62. The van der Waals surface area contributed by atoms with E-state index in [2.05, 4.69) is 42.5 Å². The van der Waals surface area contributed by atoms with Gasteiger partial charge < -0.3 is 10.6 Å². The van der Waals surface area contributed by atoms with Gasteiger partial charge in [-0.1, -0.05) is 36.4 Å². The fraction of sp³-hybridized carbons (Fsp3) is 0.0714. The quantitative estimate of drug-likeness (QED) is 0.206. The van der Waals surface area contributed by atoms with Crippen LogP contribution in [0.15, 0.2) is 93.9 Å². The molecule has 0 spiro atoms. The average molecular weight is 686 g/mol. The van der Waals surface area contributed by atoms with E-state index in [1.54, 1.807) is 36.4 Å². The van der Waals surface area contributed by atoms with E-state index in [9.17, 15) is 35.9 Å². The molecule has 0 aromatic heterocycles. The van der Waals surface area contributed by atoms with E-state index in [4.69, 9.17) is 0 Å². The van der Waals surface area contributed by atoms with Crippen LogP contribution in [0.4, 0.5) is 37.7 Å². The average Bonchev–Trinajstić information content (AvgIpc) is 2.90. The fourth-order valence-corrected chi connectivity index (χ4v) is 4.71.